The van der Waals surface area contributed by atoms with E-state index in [1.807, 2.05) is 37.3 Å². The monoisotopic (exact) mass is 368 g/mol. The van der Waals surface area contributed by atoms with Gasteiger partial charge in [0.25, 0.3) is 11.8 Å². The standard InChI is InChI=1S/C22H28N2O3/c1-5-17(25)14(2)19(26)24-18-13-15-11-12-22(18,21(15,3)4)20(27)23(24)16-9-7-6-8-10-16/h6-10,15,17-18,25H,2,5,11-13H2,1,3-4H3/t15?,17-,18?,22?/m0/s1. The van der Waals surface area contributed by atoms with Gasteiger partial charge in [-0.25, -0.2) is 10.0 Å². The fraction of sp³-hybridized carbons (Fsp3) is 0.545. The number of carbonyl (C=O) groups is 2. The minimum Gasteiger partial charge on any atom is -0.388 e. The van der Waals surface area contributed by atoms with Gasteiger partial charge in [-0.1, -0.05) is 45.5 Å². The van der Waals surface area contributed by atoms with Crippen LogP contribution in [-0.4, -0.2) is 34.1 Å². The topological polar surface area (TPSA) is 60.9 Å². The minimum absolute atomic E-state index is 0.0100. The number of hydrogen-bond donors (Lipinski definition) is 1. The summed E-state index contributed by atoms with van der Waals surface area (Å²) in [7, 11) is 0. The van der Waals surface area contributed by atoms with Gasteiger partial charge in [0, 0.05) is 5.57 Å². The summed E-state index contributed by atoms with van der Waals surface area (Å²) in [6.07, 6.45) is 2.18. The van der Waals surface area contributed by atoms with E-state index in [4.69, 9.17) is 0 Å². The molecule has 3 fully saturated rings. The molecule has 3 unspecified atom stereocenters. The molecule has 1 aliphatic heterocycles. The molecule has 2 aliphatic carbocycles. The lowest BCUT2D eigenvalue weighted by Gasteiger charge is -2.35. The summed E-state index contributed by atoms with van der Waals surface area (Å²) < 4.78 is 0. The van der Waals surface area contributed by atoms with E-state index >= 15 is 0 Å². The van der Waals surface area contributed by atoms with Crippen LogP contribution in [0.1, 0.15) is 46.5 Å². The summed E-state index contributed by atoms with van der Waals surface area (Å²) in [6.45, 7) is 10.0. The second-order valence-corrected chi connectivity index (χ2v) is 8.73. The summed E-state index contributed by atoms with van der Waals surface area (Å²) in [5, 5.41) is 13.4. The van der Waals surface area contributed by atoms with Crippen molar-refractivity contribution in [2.75, 3.05) is 5.01 Å². The summed E-state index contributed by atoms with van der Waals surface area (Å²) in [5.74, 6) is 0.103. The highest BCUT2D eigenvalue weighted by Crippen LogP contribution is 2.70. The van der Waals surface area contributed by atoms with E-state index in [2.05, 4.69) is 20.4 Å². The van der Waals surface area contributed by atoms with Gasteiger partial charge in [0.05, 0.1) is 23.2 Å². The maximum absolute atomic E-state index is 13.8. The molecule has 2 saturated carbocycles. The van der Waals surface area contributed by atoms with Crippen LogP contribution < -0.4 is 5.01 Å². The number of aliphatic hydroxyl groups is 1. The Kier molecular flexibility index (Phi) is 4.00. The molecule has 2 amide bonds. The average Bonchev–Trinajstić information content (AvgIpc) is 3.19. The van der Waals surface area contributed by atoms with Crippen molar-refractivity contribution in [2.45, 2.75) is 58.6 Å². The zero-order valence-electron chi connectivity index (χ0n) is 16.3. The highest BCUT2D eigenvalue weighted by atomic mass is 16.3. The molecule has 144 valence electrons. The number of fused-ring (bicyclic) bond motifs is 1. The number of anilines is 1. The van der Waals surface area contributed by atoms with Gasteiger partial charge in [-0.05, 0) is 49.1 Å². The van der Waals surface area contributed by atoms with Crippen molar-refractivity contribution in [3.8, 4) is 0 Å². The number of amides is 2. The van der Waals surface area contributed by atoms with Crippen molar-refractivity contribution in [3.63, 3.8) is 0 Å². The van der Waals surface area contributed by atoms with E-state index in [0.717, 1.165) is 19.3 Å². The molecule has 1 aromatic carbocycles. The lowest BCUT2D eigenvalue weighted by Crippen LogP contribution is -2.49. The van der Waals surface area contributed by atoms with Gasteiger partial charge in [-0.2, -0.15) is 0 Å². The van der Waals surface area contributed by atoms with Crippen molar-refractivity contribution in [1.29, 1.82) is 0 Å². The van der Waals surface area contributed by atoms with Gasteiger partial charge in [0.15, 0.2) is 0 Å². The number of para-hydroxylation sites is 1. The van der Waals surface area contributed by atoms with Gasteiger partial charge < -0.3 is 5.11 Å². The summed E-state index contributed by atoms with van der Waals surface area (Å²) in [5.41, 5.74) is 0.142. The Balaban J connectivity index is 1.83. The summed E-state index contributed by atoms with van der Waals surface area (Å²) in [4.78, 5) is 27.2. The average molecular weight is 368 g/mol. The van der Waals surface area contributed by atoms with Crippen LogP contribution in [0.2, 0.25) is 0 Å². The number of hydrogen-bond acceptors (Lipinski definition) is 3. The Morgan fingerprint density at radius 2 is 2.00 bits per heavy atom. The van der Waals surface area contributed by atoms with E-state index < -0.39 is 11.5 Å². The van der Waals surface area contributed by atoms with E-state index in [0.29, 0.717) is 18.0 Å². The van der Waals surface area contributed by atoms with E-state index in [1.165, 1.54) is 0 Å². The molecule has 1 N–H and O–H groups in total. The molecule has 0 radical (unpaired) electrons. The highest BCUT2D eigenvalue weighted by Gasteiger charge is 2.75. The number of carbonyl (C=O) groups excluding carboxylic acids is 2. The molecule has 4 rings (SSSR count). The Labute approximate surface area is 160 Å². The van der Waals surface area contributed by atoms with Crippen LogP contribution in [0.5, 0.6) is 0 Å². The first kappa shape index (κ1) is 18.2. The third-order valence-corrected chi connectivity index (χ3v) is 7.49. The van der Waals surface area contributed by atoms with Gasteiger partial charge in [0.1, 0.15) is 0 Å². The van der Waals surface area contributed by atoms with Crippen LogP contribution >= 0.6 is 0 Å². The van der Waals surface area contributed by atoms with Crippen molar-refractivity contribution >= 4 is 17.5 Å². The van der Waals surface area contributed by atoms with Gasteiger partial charge in [-0.3, -0.25) is 9.59 Å². The molecule has 1 heterocycles. The van der Waals surface area contributed by atoms with Crippen LogP contribution in [0.3, 0.4) is 0 Å². The quantitative estimate of drug-likeness (QED) is 0.830. The third kappa shape index (κ3) is 2.15. The molecular formula is C22H28N2O3. The van der Waals surface area contributed by atoms with Gasteiger partial charge in [0.2, 0.25) is 0 Å². The zero-order valence-corrected chi connectivity index (χ0v) is 16.3. The molecule has 3 aliphatic rings. The molecule has 2 bridgehead atoms. The smallest absolute Gasteiger partial charge is 0.271 e. The second-order valence-electron chi connectivity index (χ2n) is 8.73. The molecule has 5 heteroatoms. The van der Waals surface area contributed by atoms with Crippen LogP contribution in [0.4, 0.5) is 5.69 Å². The number of hydrazine groups is 1. The Hall–Kier alpha value is -2.14. The Morgan fingerprint density at radius 3 is 2.59 bits per heavy atom. The molecule has 0 aromatic heterocycles. The number of nitrogens with zero attached hydrogens (tertiary/aromatic N) is 2. The van der Waals surface area contributed by atoms with Crippen molar-refractivity contribution < 1.29 is 14.7 Å². The highest BCUT2D eigenvalue weighted by molar-refractivity contribution is 6.08. The molecule has 1 spiro atoms. The lowest BCUT2D eigenvalue weighted by atomic mass is 9.67. The third-order valence-electron chi connectivity index (χ3n) is 7.49. The number of aliphatic hydroxyl groups excluding tert-OH is 1. The number of rotatable bonds is 4. The zero-order chi connectivity index (χ0) is 19.6. The fourth-order valence-electron chi connectivity index (χ4n) is 5.77. The predicted octanol–water partition coefficient (Wildman–Crippen LogP) is 3.30. The Morgan fingerprint density at radius 1 is 1.33 bits per heavy atom. The van der Waals surface area contributed by atoms with Crippen LogP contribution in [0.15, 0.2) is 42.5 Å². The molecule has 27 heavy (non-hydrogen) atoms. The van der Waals surface area contributed by atoms with Crippen LogP contribution in [0.25, 0.3) is 0 Å². The largest absolute Gasteiger partial charge is 0.388 e. The first-order valence-corrected chi connectivity index (χ1v) is 9.87. The van der Waals surface area contributed by atoms with Crippen LogP contribution in [-0.2, 0) is 9.59 Å². The molecule has 5 nitrogen and oxygen atoms in total. The molecule has 4 atom stereocenters. The van der Waals surface area contributed by atoms with Crippen molar-refractivity contribution in [3.05, 3.63) is 42.5 Å². The van der Waals surface area contributed by atoms with E-state index in [9.17, 15) is 14.7 Å². The SMILES string of the molecule is C=C(C(=O)N1C2CC3CCC2(C(=O)N1c1ccccc1)C3(C)C)[C@@H](O)CC. The first-order chi connectivity index (χ1) is 12.8. The van der Waals surface area contributed by atoms with Crippen molar-refractivity contribution in [1.82, 2.24) is 5.01 Å². The molecule has 1 aromatic rings. The fourth-order valence-corrected chi connectivity index (χ4v) is 5.77. The van der Waals surface area contributed by atoms with Gasteiger partial charge in [-0.15, -0.1) is 0 Å². The van der Waals surface area contributed by atoms with Gasteiger partial charge >= 0.3 is 0 Å². The lowest BCUT2D eigenvalue weighted by molar-refractivity contribution is -0.132. The van der Waals surface area contributed by atoms with Crippen LogP contribution in [0, 0.1) is 16.7 Å². The van der Waals surface area contributed by atoms with E-state index in [1.54, 1.807) is 10.0 Å². The maximum atomic E-state index is 13.8. The van der Waals surface area contributed by atoms with Crippen molar-refractivity contribution in [2.24, 2.45) is 16.7 Å². The predicted molar refractivity (Wildman–Crippen MR) is 104 cm³/mol. The van der Waals surface area contributed by atoms with E-state index in [-0.39, 0.29) is 28.8 Å². The molecular weight excluding hydrogens is 340 g/mol. The normalized spacial score (nSPS) is 31.9. The number of benzene rings is 1. The first-order valence-electron chi connectivity index (χ1n) is 9.87. The summed E-state index contributed by atoms with van der Waals surface area (Å²) in [6, 6.07) is 9.17. The Bertz CT molecular complexity index is 803. The minimum atomic E-state index is -0.895. The molecule has 1 saturated heterocycles. The second kappa shape index (κ2) is 5.93. The summed E-state index contributed by atoms with van der Waals surface area (Å²) >= 11 is 0. The maximum Gasteiger partial charge on any atom is 0.271 e.